The Morgan fingerprint density at radius 3 is 2.45 bits per heavy atom. The Balaban J connectivity index is 0.000000131. The number of rotatable bonds is 0. The SMILES string of the molecule is Cc1ccc2c(c1)OCC2=O.Cc1ccc2c(c1)OC[C@@H]2O. The quantitative estimate of drug-likeness (QED) is 0.812. The van der Waals surface area contributed by atoms with Gasteiger partial charge in [0.2, 0.25) is 5.78 Å². The van der Waals surface area contributed by atoms with Crippen LogP contribution in [0.15, 0.2) is 36.4 Å². The van der Waals surface area contributed by atoms with E-state index in [1.54, 1.807) is 0 Å². The molecule has 4 nitrogen and oxygen atoms in total. The van der Waals surface area contributed by atoms with Crippen LogP contribution in [0, 0.1) is 13.8 Å². The maximum Gasteiger partial charge on any atom is 0.203 e. The maximum atomic E-state index is 11.1. The van der Waals surface area contributed by atoms with Crippen molar-refractivity contribution < 1.29 is 19.4 Å². The third-order valence-corrected chi connectivity index (χ3v) is 3.72. The van der Waals surface area contributed by atoms with Gasteiger partial charge in [-0.3, -0.25) is 4.79 Å². The van der Waals surface area contributed by atoms with Gasteiger partial charge in [0, 0.05) is 5.56 Å². The van der Waals surface area contributed by atoms with Crippen LogP contribution in [-0.4, -0.2) is 24.1 Å². The van der Waals surface area contributed by atoms with Crippen molar-refractivity contribution in [1.82, 2.24) is 0 Å². The Bertz CT molecular complexity index is 721. The normalized spacial score (nSPS) is 17.8. The number of fused-ring (bicyclic) bond motifs is 2. The second kappa shape index (κ2) is 5.81. The van der Waals surface area contributed by atoms with Gasteiger partial charge in [-0.05, 0) is 43.2 Å². The van der Waals surface area contributed by atoms with Crippen molar-refractivity contribution in [3.05, 3.63) is 58.7 Å². The van der Waals surface area contributed by atoms with E-state index in [-0.39, 0.29) is 12.4 Å². The summed E-state index contributed by atoms with van der Waals surface area (Å²) in [5.74, 6) is 1.65. The molecule has 22 heavy (non-hydrogen) atoms. The number of hydrogen-bond donors (Lipinski definition) is 1. The lowest BCUT2D eigenvalue weighted by Gasteiger charge is -1.99. The van der Waals surface area contributed by atoms with Gasteiger partial charge in [-0.15, -0.1) is 0 Å². The lowest BCUT2D eigenvalue weighted by molar-refractivity contribution is 0.0961. The van der Waals surface area contributed by atoms with Gasteiger partial charge in [-0.2, -0.15) is 0 Å². The molecule has 2 aromatic carbocycles. The standard InChI is InChI=1S/C9H10O2.C9H8O2/c2*1-6-2-3-7-8(10)5-11-9(7)4-6/h2-4,8,10H,5H2,1H3;2-4H,5H2,1H3/t8-;/m0./s1. The van der Waals surface area contributed by atoms with Crippen molar-refractivity contribution in [2.75, 3.05) is 13.2 Å². The molecule has 0 spiro atoms. The van der Waals surface area contributed by atoms with Crippen molar-refractivity contribution >= 4 is 5.78 Å². The molecule has 114 valence electrons. The average molecular weight is 298 g/mol. The predicted molar refractivity (Wildman–Crippen MR) is 82.6 cm³/mol. The first-order valence-corrected chi connectivity index (χ1v) is 7.22. The molecular formula is C18H18O4. The van der Waals surface area contributed by atoms with Crippen molar-refractivity contribution in [3.8, 4) is 11.5 Å². The highest BCUT2D eigenvalue weighted by Crippen LogP contribution is 2.32. The maximum absolute atomic E-state index is 11.1. The summed E-state index contributed by atoms with van der Waals surface area (Å²) in [7, 11) is 0. The summed E-state index contributed by atoms with van der Waals surface area (Å²) in [6.45, 7) is 4.60. The second-order valence-electron chi connectivity index (χ2n) is 5.58. The van der Waals surface area contributed by atoms with Gasteiger partial charge in [-0.25, -0.2) is 0 Å². The van der Waals surface area contributed by atoms with Crippen LogP contribution in [0.2, 0.25) is 0 Å². The zero-order chi connectivity index (χ0) is 15.7. The van der Waals surface area contributed by atoms with Crippen LogP contribution < -0.4 is 9.47 Å². The highest BCUT2D eigenvalue weighted by molar-refractivity contribution is 6.02. The molecule has 0 amide bonds. The number of aryl methyl sites for hydroxylation is 2. The molecule has 0 fully saturated rings. The number of Topliss-reactive ketones (excluding diaryl/α,β-unsaturated/α-hetero) is 1. The van der Waals surface area contributed by atoms with E-state index < -0.39 is 6.10 Å². The minimum atomic E-state index is -0.425. The molecule has 1 N–H and O–H groups in total. The fraction of sp³-hybridized carbons (Fsp3) is 0.278. The predicted octanol–water partition coefficient (Wildman–Crippen LogP) is 2.99. The van der Waals surface area contributed by atoms with Crippen LogP contribution in [0.25, 0.3) is 0 Å². The Hall–Kier alpha value is -2.33. The lowest BCUT2D eigenvalue weighted by atomic mass is 10.1. The van der Waals surface area contributed by atoms with Crippen LogP contribution >= 0.6 is 0 Å². The molecule has 0 radical (unpaired) electrons. The summed E-state index contributed by atoms with van der Waals surface area (Å²) in [6.07, 6.45) is -0.425. The largest absolute Gasteiger partial charge is 0.490 e. The Morgan fingerprint density at radius 2 is 1.68 bits per heavy atom. The van der Waals surface area contributed by atoms with E-state index in [0.29, 0.717) is 6.61 Å². The number of carbonyl (C=O) groups excluding carboxylic acids is 1. The highest BCUT2D eigenvalue weighted by Gasteiger charge is 2.21. The molecule has 2 heterocycles. The molecule has 0 aromatic heterocycles. The van der Waals surface area contributed by atoms with Gasteiger partial charge in [-0.1, -0.05) is 18.2 Å². The number of carbonyl (C=O) groups is 1. The zero-order valence-corrected chi connectivity index (χ0v) is 12.6. The molecule has 4 heteroatoms. The van der Waals surface area contributed by atoms with Crippen LogP contribution in [0.1, 0.15) is 33.2 Å². The third kappa shape index (κ3) is 2.83. The van der Waals surface area contributed by atoms with E-state index in [1.807, 2.05) is 50.2 Å². The number of ketones is 1. The van der Waals surface area contributed by atoms with Crippen molar-refractivity contribution in [2.45, 2.75) is 20.0 Å². The van der Waals surface area contributed by atoms with Crippen LogP contribution in [0.5, 0.6) is 11.5 Å². The van der Waals surface area contributed by atoms with Gasteiger partial charge in [0.05, 0.1) is 5.56 Å². The Labute approximate surface area is 129 Å². The molecule has 1 atom stereocenters. The second-order valence-corrected chi connectivity index (χ2v) is 5.58. The first kappa shape index (κ1) is 14.6. The summed E-state index contributed by atoms with van der Waals surface area (Å²) in [5.41, 5.74) is 3.92. The molecule has 2 aliphatic rings. The Morgan fingerprint density at radius 1 is 1.00 bits per heavy atom. The van der Waals surface area contributed by atoms with Crippen molar-refractivity contribution in [2.24, 2.45) is 0 Å². The third-order valence-electron chi connectivity index (χ3n) is 3.72. The molecule has 0 saturated heterocycles. The fourth-order valence-corrected chi connectivity index (χ4v) is 2.50. The molecule has 0 unspecified atom stereocenters. The van der Waals surface area contributed by atoms with E-state index in [0.717, 1.165) is 33.8 Å². The van der Waals surface area contributed by atoms with Gasteiger partial charge in [0.15, 0.2) is 6.61 Å². The summed E-state index contributed by atoms with van der Waals surface area (Å²) in [6, 6.07) is 11.5. The van der Waals surface area contributed by atoms with Crippen molar-refractivity contribution in [3.63, 3.8) is 0 Å². The number of hydrogen-bond acceptors (Lipinski definition) is 4. The monoisotopic (exact) mass is 298 g/mol. The molecule has 0 aliphatic carbocycles. The van der Waals surface area contributed by atoms with E-state index >= 15 is 0 Å². The Kier molecular flexibility index (Phi) is 3.86. The van der Waals surface area contributed by atoms with E-state index in [9.17, 15) is 9.90 Å². The topological polar surface area (TPSA) is 55.8 Å². The zero-order valence-electron chi connectivity index (χ0n) is 12.6. The summed E-state index contributed by atoms with van der Waals surface area (Å²) < 4.78 is 10.4. The molecular weight excluding hydrogens is 280 g/mol. The fourth-order valence-electron chi connectivity index (χ4n) is 2.50. The van der Waals surface area contributed by atoms with E-state index in [1.165, 1.54) is 0 Å². The summed E-state index contributed by atoms with van der Waals surface area (Å²) in [5, 5.41) is 9.35. The molecule has 2 aliphatic heterocycles. The first-order chi connectivity index (χ1) is 10.5. The molecule has 0 saturated carbocycles. The smallest absolute Gasteiger partial charge is 0.203 e. The molecule has 4 rings (SSSR count). The average Bonchev–Trinajstić information content (AvgIpc) is 3.03. The number of benzene rings is 2. The summed E-state index contributed by atoms with van der Waals surface area (Å²) >= 11 is 0. The summed E-state index contributed by atoms with van der Waals surface area (Å²) in [4.78, 5) is 11.1. The number of ether oxygens (including phenoxy) is 2. The van der Waals surface area contributed by atoms with Gasteiger partial charge >= 0.3 is 0 Å². The molecule has 0 bridgehead atoms. The molecule has 2 aromatic rings. The van der Waals surface area contributed by atoms with Gasteiger partial charge in [0.1, 0.15) is 24.2 Å². The highest BCUT2D eigenvalue weighted by atomic mass is 16.5. The minimum absolute atomic E-state index is 0.0833. The van der Waals surface area contributed by atoms with Crippen LogP contribution in [0.3, 0.4) is 0 Å². The van der Waals surface area contributed by atoms with E-state index in [4.69, 9.17) is 9.47 Å². The van der Waals surface area contributed by atoms with Gasteiger partial charge in [0.25, 0.3) is 0 Å². The van der Waals surface area contributed by atoms with Crippen LogP contribution in [-0.2, 0) is 0 Å². The first-order valence-electron chi connectivity index (χ1n) is 7.22. The number of aliphatic hydroxyl groups is 1. The minimum Gasteiger partial charge on any atom is -0.490 e. The number of aliphatic hydroxyl groups excluding tert-OH is 1. The van der Waals surface area contributed by atoms with Gasteiger partial charge < -0.3 is 14.6 Å². The lowest BCUT2D eigenvalue weighted by Crippen LogP contribution is -1.98. The van der Waals surface area contributed by atoms with Crippen molar-refractivity contribution in [1.29, 1.82) is 0 Å². The van der Waals surface area contributed by atoms with E-state index in [2.05, 4.69) is 0 Å². The van der Waals surface area contributed by atoms with Crippen LogP contribution in [0.4, 0.5) is 0 Å².